The average Bonchev–Trinajstić information content (AvgIpc) is 3.37. The Hall–Kier alpha value is -2.60. The molecule has 10 heteroatoms. The summed E-state index contributed by atoms with van der Waals surface area (Å²) >= 11 is 0. The fraction of sp³-hybridized carbons (Fsp3) is 0.556. The third-order valence-corrected chi connectivity index (χ3v) is 5.31. The highest BCUT2D eigenvalue weighted by Crippen LogP contribution is 2.33. The molecule has 3 rings (SSSR count). The van der Waals surface area contributed by atoms with E-state index in [2.05, 4.69) is 0 Å². The van der Waals surface area contributed by atoms with Crippen LogP contribution in [-0.4, -0.2) is 96.3 Å². The van der Waals surface area contributed by atoms with Gasteiger partial charge < -0.3 is 48.1 Å². The van der Waals surface area contributed by atoms with Crippen molar-refractivity contribution in [3.8, 4) is 23.0 Å². The number of hydrogen-bond donors (Lipinski definition) is 2. The van der Waals surface area contributed by atoms with Crippen molar-refractivity contribution in [3.05, 3.63) is 47.5 Å². The van der Waals surface area contributed by atoms with Gasteiger partial charge in [-0.1, -0.05) is 6.07 Å². The fourth-order valence-electron chi connectivity index (χ4n) is 3.52. The molecule has 0 fully saturated rings. The summed E-state index contributed by atoms with van der Waals surface area (Å²) in [5.41, 5.74) is 2.13. The number of fused-ring (bicyclic) bond motifs is 1. The van der Waals surface area contributed by atoms with Gasteiger partial charge in [0.25, 0.3) is 0 Å². The van der Waals surface area contributed by atoms with Gasteiger partial charge in [0.2, 0.25) is 6.79 Å². The van der Waals surface area contributed by atoms with Crippen molar-refractivity contribution in [1.29, 1.82) is 0 Å². The Kier molecular flexibility index (Phi) is 13.9. The average molecular weight is 523 g/mol. The molecule has 1 aliphatic heterocycles. The minimum absolute atomic E-state index is 0.0211. The number of aryl methyl sites for hydroxylation is 2. The minimum atomic E-state index is 0.0211. The molecule has 0 amide bonds. The van der Waals surface area contributed by atoms with E-state index in [0.717, 1.165) is 35.5 Å². The van der Waals surface area contributed by atoms with E-state index in [1.54, 1.807) is 12.1 Å². The number of ether oxygens (including phenoxy) is 8. The second kappa shape index (κ2) is 17.8. The number of phenolic OH excluding ortho intramolecular Hbond substituents is 1. The third kappa shape index (κ3) is 12.0. The van der Waals surface area contributed by atoms with Crippen molar-refractivity contribution in [2.45, 2.75) is 12.8 Å². The molecule has 0 spiro atoms. The summed E-state index contributed by atoms with van der Waals surface area (Å²) in [4.78, 5) is 0. The molecule has 37 heavy (non-hydrogen) atoms. The summed E-state index contributed by atoms with van der Waals surface area (Å²) in [6.07, 6.45) is 1.57. The van der Waals surface area contributed by atoms with Crippen molar-refractivity contribution < 1.29 is 48.1 Å². The molecule has 1 aliphatic rings. The predicted molar refractivity (Wildman–Crippen MR) is 135 cm³/mol. The van der Waals surface area contributed by atoms with Crippen LogP contribution in [0.4, 0.5) is 0 Å². The highest BCUT2D eigenvalue weighted by molar-refractivity contribution is 5.45. The van der Waals surface area contributed by atoms with Crippen LogP contribution < -0.4 is 14.2 Å². The summed E-state index contributed by atoms with van der Waals surface area (Å²) in [6, 6.07) is 11.2. The van der Waals surface area contributed by atoms with Gasteiger partial charge in [-0.25, -0.2) is 0 Å². The van der Waals surface area contributed by atoms with E-state index in [4.69, 9.17) is 43.0 Å². The van der Waals surface area contributed by atoms with Gasteiger partial charge in [0, 0.05) is 6.07 Å². The molecular weight excluding hydrogens is 484 g/mol. The van der Waals surface area contributed by atoms with Gasteiger partial charge >= 0.3 is 0 Å². The van der Waals surface area contributed by atoms with Gasteiger partial charge in [0.1, 0.15) is 18.1 Å². The van der Waals surface area contributed by atoms with E-state index >= 15 is 0 Å². The topological polar surface area (TPSA) is 114 Å². The number of hydrogen-bond acceptors (Lipinski definition) is 10. The first-order chi connectivity index (χ1) is 18.2. The van der Waals surface area contributed by atoms with Crippen LogP contribution in [0.25, 0.3) is 0 Å². The van der Waals surface area contributed by atoms with Gasteiger partial charge in [-0.15, -0.1) is 0 Å². The number of aromatic hydroxyl groups is 1. The quantitative estimate of drug-likeness (QED) is 0.237. The zero-order valence-corrected chi connectivity index (χ0v) is 21.2. The lowest BCUT2D eigenvalue weighted by Gasteiger charge is -2.10. The number of benzene rings is 2. The smallest absolute Gasteiger partial charge is 0.231 e. The van der Waals surface area contributed by atoms with Crippen LogP contribution in [0.15, 0.2) is 36.4 Å². The van der Waals surface area contributed by atoms with Gasteiger partial charge in [0.15, 0.2) is 11.5 Å². The molecule has 2 aromatic carbocycles. The lowest BCUT2D eigenvalue weighted by molar-refractivity contribution is -0.0146. The second-order valence-corrected chi connectivity index (χ2v) is 8.16. The molecule has 0 radical (unpaired) electrons. The third-order valence-electron chi connectivity index (χ3n) is 5.31. The highest BCUT2D eigenvalue weighted by Gasteiger charge is 2.13. The monoisotopic (exact) mass is 522 g/mol. The van der Waals surface area contributed by atoms with Crippen LogP contribution in [0.2, 0.25) is 0 Å². The van der Waals surface area contributed by atoms with Crippen molar-refractivity contribution in [1.82, 2.24) is 0 Å². The van der Waals surface area contributed by atoms with Gasteiger partial charge in [-0.2, -0.15) is 0 Å². The van der Waals surface area contributed by atoms with Crippen LogP contribution in [0.5, 0.6) is 23.0 Å². The van der Waals surface area contributed by atoms with Crippen molar-refractivity contribution in [3.63, 3.8) is 0 Å². The summed E-state index contributed by atoms with van der Waals surface area (Å²) in [6.45, 7) is 5.24. The molecule has 0 saturated carbocycles. The molecule has 0 saturated heterocycles. The maximum atomic E-state index is 10.1. The first-order valence-corrected chi connectivity index (χ1v) is 12.6. The summed E-state index contributed by atoms with van der Waals surface area (Å²) < 4.78 is 43.4. The molecule has 1 heterocycles. The van der Waals surface area contributed by atoms with E-state index in [0.29, 0.717) is 78.4 Å². The summed E-state index contributed by atoms with van der Waals surface area (Å²) in [5, 5.41) is 18.6. The molecule has 0 bridgehead atoms. The van der Waals surface area contributed by atoms with Crippen LogP contribution in [0.3, 0.4) is 0 Å². The number of phenols is 1. The van der Waals surface area contributed by atoms with E-state index < -0.39 is 0 Å². The first kappa shape index (κ1) is 29.0. The number of aliphatic hydroxyl groups excluding tert-OH is 1. The molecule has 0 aliphatic carbocycles. The van der Waals surface area contributed by atoms with E-state index in [-0.39, 0.29) is 19.1 Å². The van der Waals surface area contributed by atoms with Crippen LogP contribution >= 0.6 is 0 Å². The van der Waals surface area contributed by atoms with Crippen LogP contribution in [0.1, 0.15) is 11.1 Å². The summed E-state index contributed by atoms with van der Waals surface area (Å²) in [7, 11) is 0. The standard InChI is InChI=1S/C27H38O10/c28-5-6-30-7-8-31-9-10-32-11-12-33-13-14-34-15-16-35-25-18-23(17-24(29)20-25)2-1-22-3-4-26-27(19-22)37-21-36-26/h3-4,17-20,28-29H,1-2,5-16,21H2. The molecule has 0 atom stereocenters. The molecular formula is C27H38O10. The van der Waals surface area contributed by atoms with Gasteiger partial charge in [0.05, 0.1) is 72.7 Å². The minimum Gasteiger partial charge on any atom is -0.508 e. The van der Waals surface area contributed by atoms with E-state index in [1.165, 1.54) is 0 Å². The second-order valence-electron chi connectivity index (χ2n) is 8.16. The zero-order valence-electron chi connectivity index (χ0n) is 21.2. The molecule has 10 nitrogen and oxygen atoms in total. The van der Waals surface area contributed by atoms with Crippen LogP contribution in [-0.2, 0) is 36.5 Å². The number of aliphatic hydroxyl groups is 1. The van der Waals surface area contributed by atoms with E-state index in [9.17, 15) is 5.11 Å². The fourth-order valence-corrected chi connectivity index (χ4v) is 3.52. The SMILES string of the molecule is OCCOCCOCCOCCOCCOCCOc1cc(O)cc(CCc2ccc3c(c2)OCO3)c1. The highest BCUT2D eigenvalue weighted by atomic mass is 16.7. The van der Waals surface area contributed by atoms with Crippen molar-refractivity contribution in [2.24, 2.45) is 0 Å². The maximum absolute atomic E-state index is 10.1. The van der Waals surface area contributed by atoms with Gasteiger partial charge in [-0.3, -0.25) is 0 Å². The maximum Gasteiger partial charge on any atom is 0.231 e. The Morgan fingerprint density at radius 2 is 1.16 bits per heavy atom. The number of rotatable bonds is 21. The summed E-state index contributed by atoms with van der Waals surface area (Å²) in [5.74, 6) is 2.33. The largest absolute Gasteiger partial charge is 0.508 e. The Morgan fingerprint density at radius 1 is 0.595 bits per heavy atom. The molecule has 2 aromatic rings. The van der Waals surface area contributed by atoms with Crippen LogP contribution in [0, 0.1) is 0 Å². The Bertz CT molecular complexity index is 891. The molecule has 0 aromatic heterocycles. The molecule has 2 N–H and O–H groups in total. The van der Waals surface area contributed by atoms with Crippen molar-refractivity contribution >= 4 is 0 Å². The van der Waals surface area contributed by atoms with Crippen molar-refractivity contribution in [2.75, 3.05) is 86.1 Å². The molecule has 206 valence electrons. The normalized spacial score (nSPS) is 12.2. The first-order valence-electron chi connectivity index (χ1n) is 12.6. The Balaban J connectivity index is 1.17. The Morgan fingerprint density at radius 3 is 1.81 bits per heavy atom. The van der Waals surface area contributed by atoms with Gasteiger partial charge in [-0.05, 0) is 48.2 Å². The molecule has 0 unspecified atom stereocenters. The Labute approximate surface area is 217 Å². The zero-order chi connectivity index (χ0) is 26.0. The lowest BCUT2D eigenvalue weighted by atomic mass is 10.0. The predicted octanol–water partition coefficient (Wildman–Crippen LogP) is 2.36. The van der Waals surface area contributed by atoms with E-state index in [1.807, 2.05) is 24.3 Å². The lowest BCUT2D eigenvalue weighted by Crippen LogP contribution is -2.14.